The van der Waals surface area contributed by atoms with E-state index in [-0.39, 0.29) is 0 Å². The van der Waals surface area contributed by atoms with E-state index in [0.717, 1.165) is 17.9 Å². The molecule has 2 atom stereocenters. The van der Waals surface area contributed by atoms with E-state index in [1.54, 1.807) is 30.3 Å². The van der Waals surface area contributed by atoms with E-state index < -0.39 is 36.0 Å². The van der Waals surface area contributed by atoms with Gasteiger partial charge in [-0.1, -0.05) is 18.2 Å². The molecule has 0 unspecified atom stereocenters. The molecule has 0 bridgehead atoms. The second-order valence-electron chi connectivity index (χ2n) is 5.45. The molecule has 0 saturated heterocycles. The summed E-state index contributed by atoms with van der Waals surface area (Å²) in [7, 11) is 2.27. The third-order valence-electron chi connectivity index (χ3n) is 3.87. The first-order valence-corrected chi connectivity index (χ1v) is 7.35. The zero-order chi connectivity index (χ0) is 18.7. The Bertz CT molecular complexity index is 718. The third kappa shape index (κ3) is 3.60. The van der Waals surface area contributed by atoms with Gasteiger partial charge in [-0.3, -0.25) is 4.79 Å². The quantitative estimate of drug-likeness (QED) is 0.774. The molecule has 25 heavy (non-hydrogen) atoms. The van der Waals surface area contributed by atoms with Crippen molar-refractivity contribution in [2.75, 3.05) is 19.0 Å². The van der Waals surface area contributed by atoms with Gasteiger partial charge in [-0.2, -0.15) is 13.2 Å². The second-order valence-corrected chi connectivity index (χ2v) is 5.45. The number of ether oxygens (including phenoxy) is 1. The van der Waals surface area contributed by atoms with Gasteiger partial charge in [-0.05, 0) is 12.1 Å². The molecule has 2 rings (SSSR count). The molecule has 0 aliphatic heterocycles. The fraction of sp³-hybridized carbons (Fsp3) is 0.375. The van der Waals surface area contributed by atoms with Crippen LogP contribution in [0.4, 0.5) is 18.9 Å². The summed E-state index contributed by atoms with van der Waals surface area (Å²) in [5.41, 5.74) is -3.01. The number of halogens is 3. The van der Waals surface area contributed by atoms with E-state index in [0.29, 0.717) is 5.69 Å². The number of imidazole rings is 1. The molecule has 2 N–H and O–H groups in total. The van der Waals surface area contributed by atoms with Gasteiger partial charge in [0.1, 0.15) is 5.92 Å². The Morgan fingerprint density at radius 2 is 2.00 bits per heavy atom. The van der Waals surface area contributed by atoms with Crippen LogP contribution in [0.3, 0.4) is 0 Å². The number of alkyl halides is 3. The van der Waals surface area contributed by atoms with Crippen LogP contribution in [0.15, 0.2) is 42.7 Å². The van der Waals surface area contributed by atoms with E-state index in [9.17, 15) is 23.1 Å². The Kier molecular flexibility index (Phi) is 5.36. The monoisotopic (exact) mass is 357 g/mol. The number of aromatic nitrogens is 2. The number of carbonyl (C=O) groups is 1. The number of rotatable bonds is 6. The number of benzene rings is 1. The summed E-state index contributed by atoms with van der Waals surface area (Å²) in [4.78, 5) is 15.7. The molecule has 0 aliphatic carbocycles. The van der Waals surface area contributed by atoms with Gasteiger partial charge in [0, 0.05) is 31.7 Å². The van der Waals surface area contributed by atoms with Crippen molar-refractivity contribution in [3.63, 3.8) is 0 Å². The highest BCUT2D eigenvalue weighted by atomic mass is 19.4. The summed E-state index contributed by atoms with van der Waals surface area (Å²) in [5, 5.41) is 13.3. The molecule has 0 fully saturated rings. The molecule has 9 heteroatoms. The fourth-order valence-electron chi connectivity index (χ4n) is 2.53. The lowest BCUT2D eigenvalue weighted by molar-refractivity contribution is -0.288. The van der Waals surface area contributed by atoms with Gasteiger partial charge in [0.2, 0.25) is 5.60 Å². The van der Waals surface area contributed by atoms with Gasteiger partial charge in [0.05, 0.1) is 7.11 Å². The van der Waals surface area contributed by atoms with Crippen molar-refractivity contribution < 1.29 is 27.8 Å². The van der Waals surface area contributed by atoms with Gasteiger partial charge < -0.3 is 19.7 Å². The van der Waals surface area contributed by atoms with Crippen molar-refractivity contribution in [3.8, 4) is 0 Å². The number of methoxy groups -OCH3 is 1. The number of hydrogen-bond acceptors (Lipinski definition) is 5. The van der Waals surface area contributed by atoms with Crippen LogP contribution in [0.1, 0.15) is 5.82 Å². The van der Waals surface area contributed by atoms with Crippen LogP contribution in [0.25, 0.3) is 0 Å². The number of aliphatic hydroxyl groups is 1. The maximum Gasteiger partial charge on any atom is 0.425 e. The molecule has 1 aromatic carbocycles. The first-order valence-electron chi connectivity index (χ1n) is 7.35. The first-order chi connectivity index (χ1) is 11.7. The highest BCUT2D eigenvalue weighted by molar-refractivity contribution is 5.75. The molecule has 1 aromatic heterocycles. The Labute approximate surface area is 142 Å². The minimum absolute atomic E-state index is 0.500. The minimum Gasteiger partial charge on any atom is -0.469 e. The maximum absolute atomic E-state index is 13.8. The molecule has 0 radical (unpaired) electrons. The van der Waals surface area contributed by atoms with E-state index in [1.807, 2.05) is 0 Å². The summed E-state index contributed by atoms with van der Waals surface area (Å²) in [6, 6.07) is 8.36. The number of para-hydroxylation sites is 1. The maximum atomic E-state index is 13.8. The van der Waals surface area contributed by atoms with Crippen molar-refractivity contribution in [1.29, 1.82) is 0 Å². The molecule has 6 nitrogen and oxygen atoms in total. The highest BCUT2D eigenvalue weighted by Gasteiger charge is 2.64. The molecule has 0 aliphatic rings. The van der Waals surface area contributed by atoms with Crippen LogP contribution in [-0.2, 0) is 22.2 Å². The average molecular weight is 357 g/mol. The van der Waals surface area contributed by atoms with E-state index in [4.69, 9.17) is 0 Å². The zero-order valence-electron chi connectivity index (χ0n) is 13.6. The lowest BCUT2D eigenvalue weighted by atomic mass is 9.85. The third-order valence-corrected chi connectivity index (χ3v) is 3.87. The molecule has 136 valence electrons. The van der Waals surface area contributed by atoms with E-state index >= 15 is 0 Å². The molecular weight excluding hydrogens is 339 g/mol. The number of hydrogen-bond donors (Lipinski definition) is 2. The predicted molar refractivity (Wildman–Crippen MR) is 83.6 cm³/mol. The Morgan fingerprint density at radius 1 is 1.36 bits per heavy atom. The molecule has 0 amide bonds. The smallest absolute Gasteiger partial charge is 0.425 e. The van der Waals surface area contributed by atoms with Crippen LogP contribution in [0.5, 0.6) is 0 Å². The van der Waals surface area contributed by atoms with Crippen LogP contribution >= 0.6 is 0 Å². The summed E-state index contributed by atoms with van der Waals surface area (Å²) < 4.78 is 46.9. The van der Waals surface area contributed by atoms with Crippen LogP contribution in [0.2, 0.25) is 0 Å². The Hall–Kier alpha value is -2.55. The normalized spacial score (nSPS) is 15.3. The van der Waals surface area contributed by atoms with E-state index in [2.05, 4.69) is 15.0 Å². The van der Waals surface area contributed by atoms with Gasteiger partial charge in [-0.25, -0.2) is 4.98 Å². The number of esters is 1. The van der Waals surface area contributed by atoms with Gasteiger partial charge in [0.15, 0.2) is 5.82 Å². The molecule has 2 aromatic rings. The van der Waals surface area contributed by atoms with Gasteiger partial charge in [0.25, 0.3) is 0 Å². The molecule has 0 spiro atoms. The largest absolute Gasteiger partial charge is 0.469 e. The molecular formula is C16H18F3N3O3. The first kappa shape index (κ1) is 18.8. The molecule has 1 heterocycles. The second kappa shape index (κ2) is 7.14. The minimum atomic E-state index is -5.15. The Balaban J connectivity index is 2.44. The van der Waals surface area contributed by atoms with Crippen molar-refractivity contribution in [2.24, 2.45) is 13.0 Å². The van der Waals surface area contributed by atoms with Gasteiger partial charge in [-0.15, -0.1) is 0 Å². The lowest BCUT2D eigenvalue weighted by Gasteiger charge is -2.35. The van der Waals surface area contributed by atoms with Crippen molar-refractivity contribution >= 4 is 11.7 Å². The lowest BCUT2D eigenvalue weighted by Crippen LogP contribution is -2.55. The Morgan fingerprint density at radius 3 is 2.48 bits per heavy atom. The van der Waals surface area contributed by atoms with Crippen molar-refractivity contribution in [1.82, 2.24) is 9.55 Å². The summed E-state index contributed by atoms with van der Waals surface area (Å²) in [5.74, 6) is -3.85. The highest BCUT2D eigenvalue weighted by Crippen LogP contribution is 2.44. The SMILES string of the molecule is COC(=O)[C@@H](CNc1ccccc1)[C@](O)(c1nccn1C)C(F)(F)F. The predicted octanol–water partition coefficient (Wildman–Crippen LogP) is 2.07. The molecule has 0 saturated carbocycles. The van der Waals surface area contributed by atoms with Gasteiger partial charge >= 0.3 is 12.1 Å². The summed E-state index contributed by atoms with van der Waals surface area (Å²) >= 11 is 0. The number of aryl methyl sites for hydroxylation is 1. The average Bonchev–Trinajstić information content (AvgIpc) is 3.00. The van der Waals surface area contributed by atoms with Crippen LogP contribution in [-0.4, -0.2) is 40.5 Å². The zero-order valence-corrected chi connectivity index (χ0v) is 13.6. The fourth-order valence-corrected chi connectivity index (χ4v) is 2.53. The van der Waals surface area contributed by atoms with Crippen molar-refractivity contribution in [3.05, 3.63) is 48.5 Å². The summed E-state index contributed by atoms with van der Waals surface area (Å²) in [6.45, 7) is -0.500. The number of carbonyl (C=O) groups excluding carboxylic acids is 1. The standard InChI is InChI=1S/C16H18F3N3O3/c1-22-9-8-20-14(22)15(24,16(17,18)19)12(13(23)25-2)10-21-11-6-4-3-5-7-11/h3-9,12,21,24H,10H2,1-2H3/t12-,15+/m1/s1. The number of nitrogens with one attached hydrogen (secondary N) is 1. The van der Waals surface area contributed by atoms with Crippen LogP contribution in [0, 0.1) is 5.92 Å². The number of nitrogens with zero attached hydrogens (tertiary/aromatic N) is 2. The van der Waals surface area contributed by atoms with Crippen LogP contribution < -0.4 is 5.32 Å². The van der Waals surface area contributed by atoms with Crippen molar-refractivity contribution in [2.45, 2.75) is 11.8 Å². The summed E-state index contributed by atoms with van der Waals surface area (Å²) in [6.07, 6.45) is -2.78. The van der Waals surface area contributed by atoms with E-state index in [1.165, 1.54) is 13.2 Å². The number of anilines is 1. The topological polar surface area (TPSA) is 76.4 Å².